The van der Waals surface area contributed by atoms with Gasteiger partial charge in [0.25, 0.3) is 5.91 Å². The van der Waals surface area contributed by atoms with E-state index in [1.54, 1.807) is 26.0 Å². The number of aliphatic hydroxyl groups excluding tert-OH is 1. The van der Waals surface area contributed by atoms with Crippen LogP contribution < -0.4 is 16.8 Å². The topological polar surface area (TPSA) is 180 Å². The Balaban J connectivity index is 2.58. The quantitative estimate of drug-likeness (QED) is 0.303. The van der Waals surface area contributed by atoms with Gasteiger partial charge < -0.3 is 36.1 Å². The molecule has 0 radical (unpaired) electrons. The van der Waals surface area contributed by atoms with E-state index in [-0.39, 0.29) is 34.9 Å². The van der Waals surface area contributed by atoms with Crippen molar-refractivity contribution < 1.29 is 38.5 Å². The third kappa shape index (κ3) is 8.22. The first-order valence-electron chi connectivity index (χ1n) is 12.6. The Kier molecular flexibility index (Phi) is 11.4. The molecule has 2 rings (SSSR count). The molecule has 6 atom stereocenters. The average molecular weight is 546 g/mol. The number of nitrogens with two attached hydrogens (primary N) is 2. The maximum atomic E-state index is 13.2. The standard InChI is InChI=1S/C28H39N3O8/c1-14-10-18-23(29)20(32)13-19(25(18)34)31-27(35)15(2)8-7-9-21(37-5)26(39-28(30)36)17(4)12-16(3)24(33)22(11-14)38-6/h7-9,12-14,16,21-22,24,26,33H,10-11,29H2,1-6H3,(H2,30,36)(H,31,35)/b9-7+,15-8-,17-12-/t14-,16-,21-,22-,24+,26-/m1/s1. The fraction of sp³-hybridized carbons (Fsp3) is 0.500. The van der Waals surface area contributed by atoms with Crippen molar-refractivity contribution in [1.29, 1.82) is 0 Å². The van der Waals surface area contributed by atoms with Crippen LogP contribution >= 0.6 is 0 Å². The highest BCUT2D eigenvalue weighted by Gasteiger charge is 2.32. The highest BCUT2D eigenvalue weighted by Crippen LogP contribution is 2.28. The number of primary amides is 1. The maximum absolute atomic E-state index is 13.2. The number of carbonyl (C=O) groups is 4. The molecule has 1 aliphatic carbocycles. The van der Waals surface area contributed by atoms with Crippen molar-refractivity contribution in [1.82, 2.24) is 5.32 Å². The van der Waals surface area contributed by atoms with Crippen LogP contribution in [0.3, 0.4) is 0 Å². The second-order valence-corrected chi connectivity index (χ2v) is 9.97. The normalized spacial score (nSPS) is 33.3. The number of ketones is 2. The number of methoxy groups -OCH3 is 2. The van der Waals surface area contributed by atoms with Crippen LogP contribution in [0.1, 0.15) is 40.5 Å². The number of fused-ring (bicyclic) bond motifs is 2. The van der Waals surface area contributed by atoms with Gasteiger partial charge in [-0.05, 0) is 38.2 Å². The average Bonchev–Trinajstić information content (AvgIpc) is 2.88. The van der Waals surface area contributed by atoms with E-state index in [4.69, 9.17) is 25.7 Å². The minimum Gasteiger partial charge on any atom is -0.439 e. The molecule has 2 amide bonds. The molecule has 2 bridgehead atoms. The van der Waals surface area contributed by atoms with Crippen molar-refractivity contribution in [2.24, 2.45) is 23.3 Å². The fourth-order valence-electron chi connectivity index (χ4n) is 4.61. The zero-order valence-electron chi connectivity index (χ0n) is 23.2. The minimum atomic E-state index is -1.00. The first-order valence-corrected chi connectivity index (χ1v) is 12.6. The Labute approximate surface area is 228 Å². The Morgan fingerprint density at radius 2 is 1.79 bits per heavy atom. The first-order chi connectivity index (χ1) is 18.3. The van der Waals surface area contributed by atoms with Crippen molar-refractivity contribution >= 4 is 23.6 Å². The van der Waals surface area contributed by atoms with Gasteiger partial charge in [-0.2, -0.15) is 0 Å². The lowest BCUT2D eigenvalue weighted by atomic mass is 9.85. The van der Waals surface area contributed by atoms with Crippen LogP contribution in [0.5, 0.6) is 0 Å². The molecule has 0 aromatic heterocycles. The van der Waals surface area contributed by atoms with Gasteiger partial charge in [0.1, 0.15) is 6.10 Å². The summed E-state index contributed by atoms with van der Waals surface area (Å²) in [5, 5.41) is 13.6. The predicted molar refractivity (Wildman–Crippen MR) is 144 cm³/mol. The Morgan fingerprint density at radius 3 is 2.38 bits per heavy atom. The monoisotopic (exact) mass is 545 g/mol. The van der Waals surface area contributed by atoms with E-state index >= 15 is 0 Å². The minimum absolute atomic E-state index is 0.104. The molecule has 1 heterocycles. The van der Waals surface area contributed by atoms with E-state index in [0.717, 1.165) is 6.08 Å². The summed E-state index contributed by atoms with van der Waals surface area (Å²) in [6, 6.07) is 0. The number of carbonyl (C=O) groups excluding carboxylic acids is 4. The van der Waals surface area contributed by atoms with E-state index in [1.807, 2.05) is 6.92 Å². The van der Waals surface area contributed by atoms with E-state index in [2.05, 4.69) is 5.32 Å². The molecule has 0 aromatic carbocycles. The van der Waals surface area contributed by atoms with Crippen molar-refractivity contribution in [3.8, 4) is 0 Å². The maximum Gasteiger partial charge on any atom is 0.405 e. The van der Waals surface area contributed by atoms with Crippen LogP contribution in [-0.2, 0) is 28.6 Å². The smallest absolute Gasteiger partial charge is 0.405 e. The lowest BCUT2D eigenvalue weighted by Crippen LogP contribution is -2.37. The summed E-state index contributed by atoms with van der Waals surface area (Å²) in [5.74, 6) is -2.37. The molecule has 0 spiro atoms. The third-order valence-electron chi connectivity index (χ3n) is 6.84. The third-order valence-corrected chi connectivity index (χ3v) is 6.84. The molecule has 1 aliphatic heterocycles. The molecule has 6 N–H and O–H groups in total. The van der Waals surface area contributed by atoms with Crippen LogP contribution in [-0.4, -0.2) is 67.3 Å². The molecule has 0 fully saturated rings. The molecule has 11 heteroatoms. The zero-order valence-corrected chi connectivity index (χ0v) is 23.2. The van der Waals surface area contributed by atoms with Gasteiger partial charge in [-0.25, -0.2) is 4.79 Å². The van der Waals surface area contributed by atoms with Crippen molar-refractivity contribution in [2.75, 3.05) is 14.2 Å². The fourth-order valence-corrected chi connectivity index (χ4v) is 4.61. The van der Waals surface area contributed by atoms with E-state index in [0.29, 0.717) is 12.0 Å². The summed E-state index contributed by atoms with van der Waals surface area (Å²) in [4.78, 5) is 50.1. The van der Waals surface area contributed by atoms with Gasteiger partial charge >= 0.3 is 6.09 Å². The Bertz CT molecular complexity index is 1130. The molecule has 39 heavy (non-hydrogen) atoms. The summed E-state index contributed by atoms with van der Waals surface area (Å²) >= 11 is 0. The van der Waals surface area contributed by atoms with Crippen LogP contribution in [0.4, 0.5) is 4.79 Å². The number of amides is 2. The van der Waals surface area contributed by atoms with Gasteiger partial charge in [-0.3, -0.25) is 14.4 Å². The lowest BCUT2D eigenvalue weighted by molar-refractivity contribution is -0.120. The van der Waals surface area contributed by atoms with E-state index < -0.39 is 53.9 Å². The van der Waals surface area contributed by atoms with Gasteiger partial charge in [-0.1, -0.05) is 38.2 Å². The second kappa shape index (κ2) is 14.0. The van der Waals surface area contributed by atoms with Crippen molar-refractivity contribution in [3.63, 3.8) is 0 Å². The molecule has 0 saturated heterocycles. The van der Waals surface area contributed by atoms with Crippen molar-refractivity contribution in [2.45, 2.75) is 65.0 Å². The van der Waals surface area contributed by atoms with Gasteiger partial charge in [0, 0.05) is 37.4 Å². The summed E-state index contributed by atoms with van der Waals surface area (Å²) in [5.41, 5.74) is 11.9. The number of aliphatic hydroxyl groups is 1. The molecule has 2 aliphatic rings. The van der Waals surface area contributed by atoms with E-state index in [9.17, 15) is 24.3 Å². The molecule has 214 valence electrons. The lowest BCUT2D eigenvalue weighted by Gasteiger charge is -2.29. The number of hydrogen-bond acceptors (Lipinski definition) is 9. The zero-order chi connectivity index (χ0) is 29.4. The predicted octanol–water partition coefficient (Wildman–Crippen LogP) is 1.72. The summed E-state index contributed by atoms with van der Waals surface area (Å²) in [7, 11) is 2.90. The van der Waals surface area contributed by atoms with Crippen LogP contribution in [0.25, 0.3) is 0 Å². The second-order valence-electron chi connectivity index (χ2n) is 9.97. The number of hydrogen-bond donors (Lipinski definition) is 4. The largest absolute Gasteiger partial charge is 0.439 e. The van der Waals surface area contributed by atoms with Gasteiger partial charge in [0.05, 0.1) is 23.6 Å². The van der Waals surface area contributed by atoms with Gasteiger partial charge in [0.2, 0.25) is 11.6 Å². The Hall–Kier alpha value is -3.54. The van der Waals surface area contributed by atoms with Gasteiger partial charge in [-0.15, -0.1) is 0 Å². The van der Waals surface area contributed by atoms with Crippen LogP contribution in [0.2, 0.25) is 0 Å². The van der Waals surface area contributed by atoms with Gasteiger partial charge in [0.15, 0.2) is 6.10 Å². The highest BCUT2D eigenvalue weighted by atomic mass is 16.6. The van der Waals surface area contributed by atoms with Crippen LogP contribution in [0.15, 0.2) is 58.5 Å². The SMILES string of the molecule is CO[C@@H]1/C=C/C=C(/C)C(=O)NC2=CC(=O)C(N)=C(C[C@@H](C)C[C@@H](OC)[C@@H](O)[C@H](C)/C=C(/C)[C@H]1OC(N)=O)C2=O. The molecule has 0 unspecified atom stereocenters. The summed E-state index contributed by atoms with van der Waals surface area (Å²) < 4.78 is 16.4. The number of ether oxygens (including phenoxy) is 3. The Morgan fingerprint density at radius 1 is 1.13 bits per heavy atom. The highest BCUT2D eigenvalue weighted by molar-refractivity contribution is 6.23. The number of Topliss-reactive ketones (excluding diaryl/α,β-unsaturated/α-hetero) is 1. The summed E-state index contributed by atoms with van der Waals surface area (Å²) in [6.07, 6.45) is 3.55. The molecular formula is C28H39N3O8. The van der Waals surface area contributed by atoms with E-state index in [1.165, 1.54) is 33.3 Å². The number of nitrogens with one attached hydrogen (secondary N) is 1. The number of rotatable bonds is 3. The molecular weight excluding hydrogens is 506 g/mol. The van der Waals surface area contributed by atoms with Crippen LogP contribution in [0, 0.1) is 11.8 Å². The van der Waals surface area contributed by atoms with Crippen molar-refractivity contribution in [3.05, 3.63) is 58.5 Å². The molecule has 11 nitrogen and oxygen atoms in total. The molecule has 0 aromatic rings. The first kappa shape index (κ1) is 31.7. The molecule has 0 saturated carbocycles. The summed E-state index contributed by atoms with van der Waals surface area (Å²) in [6.45, 7) is 6.89. The number of allylic oxidation sites excluding steroid dienone is 4.